The molecule has 0 aliphatic heterocycles. The van der Waals surface area contributed by atoms with Crippen LogP contribution in [0.1, 0.15) is 19.4 Å². The third kappa shape index (κ3) is 5.79. The van der Waals surface area contributed by atoms with E-state index in [-0.39, 0.29) is 19.0 Å². The maximum atomic E-state index is 13.4. The van der Waals surface area contributed by atoms with E-state index in [1.807, 2.05) is 13.8 Å². The molecule has 1 rings (SSSR count). The summed E-state index contributed by atoms with van der Waals surface area (Å²) in [6, 6.07) is 3.46. The fourth-order valence-electron chi connectivity index (χ4n) is 1.62. The number of carbonyl (C=O) groups is 1. The van der Waals surface area contributed by atoms with Gasteiger partial charge in [-0.3, -0.25) is 9.69 Å². The minimum Gasteiger partial charge on any atom is -0.355 e. The van der Waals surface area contributed by atoms with Gasteiger partial charge >= 0.3 is 0 Å². The van der Waals surface area contributed by atoms with Crippen LogP contribution in [0.2, 0.25) is 0 Å². The lowest BCUT2D eigenvalue weighted by Gasteiger charge is -2.17. The molecule has 1 aromatic rings. The van der Waals surface area contributed by atoms with Gasteiger partial charge in [-0.05, 0) is 19.0 Å². The molecule has 0 saturated carbocycles. The molecule has 0 aromatic heterocycles. The van der Waals surface area contributed by atoms with Gasteiger partial charge in [0.2, 0.25) is 5.91 Å². The van der Waals surface area contributed by atoms with Gasteiger partial charge in [0.05, 0.1) is 6.54 Å². The van der Waals surface area contributed by atoms with Crippen molar-refractivity contribution in [3.8, 4) is 0 Å². The van der Waals surface area contributed by atoms with Crippen LogP contribution >= 0.6 is 0 Å². The summed E-state index contributed by atoms with van der Waals surface area (Å²) < 4.78 is 26.2. The number of halogens is 2. The third-order valence-electron chi connectivity index (χ3n) is 2.58. The number of nitrogens with one attached hydrogen (secondary N) is 1. The average molecular weight is 270 g/mol. The van der Waals surface area contributed by atoms with Gasteiger partial charge < -0.3 is 5.32 Å². The van der Waals surface area contributed by atoms with Gasteiger partial charge in [-0.15, -0.1) is 0 Å². The zero-order valence-corrected chi connectivity index (χ0v) is 11.5. The smallest absolute Gasteiger partial charge is 0.234 e. The Morgan fingerprint density at radius 3 is 2.63 bits per heavy atom. The minimum atomic E-state index is -0.599. The molecule has 0 aliphatic carbocycles. The molecule has 0 spiro atoms. The van der Waals surface area contributed by atoms with Gasteiger partial charge in [-0.1, -0.05) is 19.9 Å². The topological polar surface area (TPSA) is 32.3 Å². The van der Waals surface area contributed by atoms with Crippen LogP contribution in [0.15, 0.2) is 18.2 Å². The summed E-state index contributed by atoms with van der Waals surface area (Å²) in [6.07, 6.45) is 0. The van der Waals surface area contributed by atoms with Crippen molar-refractivity contribution in [2.24, 2.45) is 5.92 Å². The number of carbonyl (C=O) groups excluding carboxylic acids is 1. The second-order valence-corrected chi connectivity index (χ2v) is 5.11. The molecular weight excluding hydrogens is 250 g/mol. The highest BCUT2D eigenvalue weighted by Crippen LogP contribution is 2.11. The average Bonchev–Trinajstić information content (AvgIpc) is 2.30. The second-order valence-electron chi connectivity index (χ2n) is 5.11. The van der Waals surface area contributed by atoms with Crippen LogP contribution in [-0.2, 0) is 11.3 Å². The maximum absolute atomic E-state index is 13.4. The summed E-state index contributed by atoms with van der Waals surface area (Å²) >= 11 is 0. The van der Waals surface area contributed by atoms with Crippen LogP contribution < -0.4 is 5.32 Å². The lowest BCUT2D eigenvalue weighted by Crippen LogP contribution is -2.36. The summed E-state index contributed by atoms with van der Waals surface area (Å²) in [6.45, 7) is 5.10. The number of likely N-dealkylation sites (N-methyl/N-ethyl adjacent to an activating group) is 1. The fraction of sp³-hybridized carbons (Fsp3) is 0.500. The first-order valence-corrected chi connectivity index (χ1v) is 6.27. The molecule has 0 saturated heterocycles. The molecular formula is C14H20F2N2O. The summed E-state index contributed by atoms with van der Waals surface area (Å²) in [5.74, 6) is -0.893. The molecule has 1 aromatic carbocycles. The molecule has 1 amide bonds. The Morgan fingerprint density at radius 1 is 1.37 bits per heavy atom. The van der Waals surface area contributed by atoms with E-state index in [1.165, 1.54) is 12.1 Å². The molecule has 0 heterocycles. The molecule has 0 atom stereocenters. The number of hydrogen-bond donors (Lipinski definition) is 1. The van der Waals surface area contributed by atoms with Crippen molar-refractivity contribution in [2.45, 2.75) is 20.4 Å². The van der Waals surface area contributed by atoms with Gasteiger partial charge in [-0.25, -0.2) is 8.78 Å². The summed E-state index contributed by atoms with van der Waals surface area (Å²) in [5.41, 5.74) is 0.376. The van der Waals surface area contributed by atoms with Crippen LogP contribution in [0.5, 0.6) is 0 Å². The molecule has 1 N–H and O–H groups in total. The lowest BCUT2D eigenvalue weighted by atomic mass is 10.2. The Hall–Kier alpha value is -1.49. The predicted octanol–water partition coefficient (Wildman–Crippen LogP) is 2.17. The van der Waals surface area contributed by atoms with Crippen LogP contribution in [0.3, 0.4) is 0 Å². The molecule has 3 nitrogen and oxygen atoms in total. The quantitative estimate of drug-likeness (QED) is 0.859. The van der Waals surface area contributed by atoms with Gasteiger partial charge in [-0.2, -0.15) is 0 Å². The highest BCUT2D eigenvalue weighted by molar-refractivity contribution is 5.77. The van der Waals surface area contributed by atoms with Crippen molar-refractivity contribution >= 4 is 5.91 Å². The Bertz CT molecular complexity index is 435. The van der Waals surface area contributed by atoms with Crippen molar-refractivity contribution in [1.82, 2.24) is 10.2 Å². The van der Waals surface area contributed by atoms with E-state index in [9.17, 15) is 13.6 Å². The molecule has 0 unspecified atom stereocenters. The number of hydrogen-bond acceptors (Lipinski definition) is 2. The third-order valence-corrected chi connectivity index (χ3v) is 2.58. The summed E-state index contributed by atoms with van der Waals surface area (Å²) in [7, 11) is 1.72. The van der Waals surface area contributed by atoms with Crippen molar-refractivity contribution in [3.63, 3.8) is 0 Å². The van der Waals surface area contributed by atoms with Crippen molar-refractivity contribution < 1.29 is 13.6 Å². The van der Waals surface area contributed by atoms with Crippen LogP contribution in [0.25, 0.3) is 0 Å². The maximum Gasteiger partial charge on any atom is 0.234 e. The Balaban J connectivity index is 2.46. The highest BCUT2D eigenvalue weighted by atomic mass is 19.1. The summed E-state index contributed by atoms with van der Waals surface area (Å²) in [4.78, 5) is 13.3. The van der Waals surface area contributed by atoms with Gasteiger partial charge in [0.15, 0.2) is 0 Å². The van der Waals surface area contributed by atoms with Crippen LogP contribution in [-0.4, -0.2) is 30.9 Å². The summed E-state index contributed by atoms with van der Waals surface area (Å²) in [5, 5.41) is 2.79. The normalized spacial score (nSPS) is 11.1. The van der Waals surface area contributed by atoms with Crippen molar-refractivity contribution in [1.29, 1.82) is 0 Å². The predicted molar refractivity (Wildman–Crippen MR) is 70.5 cm³/mol. The van der Waals surface area contributed by atoms with Crippen molar-refractivity contribution in [3.05, 3.63) is 35.4 Å². The second kappa shape index (κ2) is 7.19. The molecule has 0 radical (unpaired) electrons. The number of nitrogens with zero attached hydrogens (tertiary/aromatic N) is 1. The Morgan fingerprint density at radius 2 is 2.05 bits per heavy atom. The molecule has 0 aliphatic rings. The van der Waals surface area contributed by atoms with E-state index < -0.39 is 11.6 Å². The Labute approximate surface area is 112 Å². The van der Waals surface area contributed by atoms with E-state index in [0.29, 0.717) is 18.0 Å². The zero-order valence-electron chi connectivity index (χ0n) is 11.5. The Kier molecular flexibility index (Phi) is 5.89. The number of amides is 1. The number of benzene rings is 1. The van der Waals surface area contributed by atoms with E-state index in [4.69, 9.17) is 0 Å². The standard InChI is InChI=1S/C14H20F2N2O/c1-10(2)7-17-14(19)9-18(3)8-11-4-5-12(15)6-13(11)16/h4-6,10H,7-9H2,1-3H3,(H,17,19). The van der Waals surface area contributed by atoms with E-state index >= 15 is 0 Å². The minimum absolute atomic E-state index is 0.0984. The largest absolute Gasteiger partial charge is 0.355 e. The number of rotatable bonds is 6. The molecule has 5 heteroatoms. The fourth-order valence-corrected chi connectivity index (χ4v) is 1.62. The first kappa shape index (κ1) is 15.6. The lowest BCUT2D eigenvalue weighted by molar-refractivity contribution is -0.122. The molecule has 0 bridgehead atoms. The molecule has 19 heavy (non-hydrogen) atoms. The van der Waals surface area contributed by atoms with Gasteiger partial charge in [0, 0.05) is 24.7 Å². The van der Waals surface area contributed by atoms with E-state index in [0.717, 1.165) is 6.07 Å². The SMILES string of the molecule is CC(C)CNC(=O)CN(C)Cc1ccc(F)cc1F. The van der Waals surface area contributed by atoms with Crippen molar-refractivity contribution in [2.75, 3.05) is 20.1 Å². The van der Waals surface area contributed by atoms with E-state index in [1.54, 1.807) is 11.9 Å². The van der Waals surface area contributed by atoms with Crippen LogP contribution in [0.4, 0.5) is 8.78 Å². The van der Waals surface area contributed by atoms with Gasteiger partial charge in [0.1, 0.15) is 11.6 Å². The molecule has 106 valence electrons. The molecule has 0 fully saturated rings. The van der Waals surface area contributed by atoms with Gasteiger partial charge in [0.25, 0.3) is 0 Å². The zero-order chi connectivity index (χ0) is 14.4. The van der Waals surface area contributed by atoms with Crippen LogP contribution in [0, 0.1) is 17.6 Å². The highest BCUT2D eigenvalue weighted by Gasteiger charge is 2.10. The first-order chi connectivity index (χ1) is 8.88. The monoisotopic (exact) mass is 270 g/mol. The first-order valence-electron chi connectivity index (χ1n) is 6.27. The van der Waals surface area contributed by atoms with E-state index in [2.05, 4.69) is 5.32 Å².